The predicted molar refractivity (Wildman–Crippen MR) is 153 cm³/mol. The van der Waals surface area contributed by atoms with Crippen LogP contribution >= 0.6 is 39.3 Å². The van der Waals surface area contributed by atoms with E-state index in [1.165, 1.54) is 28.1 Å². The van der Waals surface area contributed by atoms with Gasteiger partial charge in [-0.2, -0.15) is 5.10 Å². The van der Waals surface area contributed by atoms with Crippen molar-refractivity contribution in [2.45, 2.75) is 16.7 Å². The Morgan fingerprint density at radius 2 is 1.70 bits per heavy atom. The highest BCUT2D eigenvalue weighted by molar-refractivity contribution is 9.10. The molecule has 1 heterocycles. The smallest absolute Gasteiger partial charge is 0.307 e. The summed E-state index contributed by atoms with van der Waals surface area (Å²) in [6.45, 7) is 1.76. The number of halogens is 2. The summed E-state index contributed by atoms with van der Waals surface area (Å²) in [4.78, 5) is 13.0. The quantitative estimate of drug-likeness (QED) is 0.130. The van der Waals surface area contributed by atoms with Gasteiger partial charge in [-0.15, -0.1) is 11.8 Å². The zero-order valence-electron chi connectivity index (χ0n) is 19.6. The van der Waals surface area contributed by atoms with Crippen LogP contribution in [0.5, 0.6) is 0 Å². The fourth-order valence-corrected chi connectivity index (χ4v) is 6.55. The number of nitrogens with one attached hydrogen (secondary N) is 2. The molecule has 0 fully saturated rings. The number of carbonyl (C=O) groups excluding carboxylic acids is 1. The summed E-state index contributed by atoms with van der Waals surface area (Å²) in [5, 5.41) is 7.52. The number of aromatic nitrogens is 1. The Hall–Kier alpha value is -3.05. The number of aryl methyl sites for hydroxylation is 1. The molecule has 11 heteroatoms. The molecule has 0 aliphatic rings. The van der Waals surface area contributed by atoms with E-state index < -0.39 is 16.1 Å². The van der Waals surface area contributed by atoms with Crippen LogP contribution in [-0.4, -0.2) is 29.9 Å². The summed E-state index contributed by atoms with van der Waals surface area (Å²) in [6.07, 6.45) is 2.97. The lowest BCUT2D eigenvalue weighted by atomic mass is 10.1. The number of urea groups is 1. The third-order valence-electron chi connectivity index (χ3n) is 5.22. The van der Waals surface area contributed by atoms with Gasteiger partial charge in [0.2, 0.25) is 0 Å². The molecule has 0 spiro atoms. The number of para-hydroxylation sites is 1. The van der Waals surface area contributed by atoms with Gasteiger partial charge >= 0.3 is 6.03 Å². The highest BCUT2D eigenvalue weighted by atomic mass is 79.9. The number of hydrazone groups is 1. The minimum Gasteiger partial charge on any atom is -0.307 e. The van der Waals surface area contributed by atoms with Crippen molar-refractivity contribution in [1.82, 2.24) is 9.40 Å². The topological polar surface area (TPSA) is 92.6 Å². The van der Waals surface area contributed by atoms with Crippen LogP contribution in [0.4, 0.5) is 10.5 Å². The Morgan fingerprint density at radius 3 is 2.38 bits per heavy atom. The molecule has 0 saturated carbocycles. The van der Waals surface area contributed by atoms with Gasteiger partial charge in [-0.05, 0) is 66.6 Å². The number of carbonyl (C=O) groups is 1. The van der Waals surface area contributed by atoms with E-state index in [0.29, 0.717) is 26.9 Å². The minimum atomic E-state index is -3.83. The molecule has 0 radical (unpaired) electrons. The lowest BCUT2D eigenvalue weighted by Crippen LogP contribution is -2.26. The van der Waals surface area contributed by atoms with E-state index in [9.17, 15) is 13.2 Å². The van der Waals surface area contributed by atoms with Gasteiger partial charge < -0.3 is 5.32 Å². The average molecular weight is 618 g/mol. The van der Waals surface area contributed by atoms with Crippen LogP contribution in [0.15, 0.2) is 111 Å². The zero-order chi connectivity index (χ0) is 26.4. The summed E-state index contributed by atoms with van der Waals surface area (Å²) >= 11 is 11.1. The molecule has 1 aromatic heterocycles. The number of benzene rings is 3. The molecule has 0 saturated heterocycles. The van der Waals surface area contributed by atoms with E-state index in [1.54, 1.807) is 43.3 Å². The highest BCUT2D eigenvalue weighted by Gasteiger charge is 2.22. The lowest BCUT2D eigenvalue weighted by molar-refractivity contribution is 0.252. The monoisotopic (exact) mass is 616 g/mol. The number of hydrogen-bond donors (Lipinski definition) is 2. The number of amides is 2. The molecule has 0 atom stereocenters. The van der Waals surface area contributed by atoms with Crippen molar-refractivity contribution in [3.63, 3.8) is 0 Å². The molecule has 190 valence electrons. The largest absolute Gasteiger partial charge is 0.339 e. The van der Waals surface area contributed by atoms with Crippen molar-refractivity contribution >= 4 is 66.7 Å². The van der Waals surface area contributed by atoms with E-state index in [1.807, 2.05) is 42.5 Å². The Labute approximate surface area is 233 Å². The molecular weight excluding hydrogens is 596 g/mol. The fraction of sp³-hybridized carbons (Fsp3) is 0.0769. The molecule has 0 aliphatic heterocycles. The molecular formula is C26H22BrClN4O3S2. The number of rotatable bonds is 8. The maximum atomic E-state index is 13.3. The second-order valence-electron chi connectivity index (χ2n) is 7.85. The zero-order valence-corrected chi connectivity index (χ0v) is 23.5. The van der Waals surface area contributed by atoms with E-state index in [4.69, 9.17) is 11.6 Å². The van der Waals surface area contributed by atoms with Crippen LogP contribution in [0.3, 0.4) is 0 Å². The van der Waals surface area contributed by atoms with Crippen LogP contribution in [0, 0.1) is 6.92 Å². The van der Waals surface area contributed by atoms with Crippen LogP contribution in [0.1, 0.15) is 11.1 Å². The number of hydrogen-bond acceptors (Lipinski definition) is 5. The average Bonchev–Trinajstić information content (AvgIpc) is 3.43. The van der Waals surface area contributed by atoms with E-state index in [2.05, 4.69) is 31.8 Å². The molecule has 2 N–H and O–H groups in total. The van der Waals surface area contributed by atoms with Crippen molar-refractivity contribution in [3.8, 4) is 0 Å². The van der Waals surface area contributed by atoms with Crippen molar-refractivity contribution in [1.29, 1.82) is 0 Å². The first-order chi connectivity index (χ1) is 17.7. The highest BCUT2D eigenvalue weighted by Crippen LogP contribution is 2.33. The van der Waals surface area contributed by atoms with E-state index in [-0.39, 0.29) is 10.6 Å². The van der Waals surface area contributed by atoms with Gasteiger partial charge in [0.1, 0.15) is 4.90 Å². The lowest BCUT2D eigenvalue weighted by Gasteiger charge is -2.14. The van der Waals surface area contributed by atoms with Gasteiger partial charge in [-0.25, -0.2) is 22.6 Å². The van der Waals surface area contributed by atoms with E-state index >= 15 is 0 Å². The van der Waals surface area contributed by atoms with Crippen molar-refractivity contribution in [3.05, 3.63) is 112 Å². The van der Waals surface area contributed by atoms with Crippen LogP contribution in [0.2, 0.25) is 5.02 Å². The van der Waals surface area contributed by atoms with Crippen molar-refractivity contribution in [2.24, 2.45) is 5.10 Å². The molecule has 0 unspecified atom stereocenters. The third-order valence-corrected chi connectivity index (χ3v) is 9.05. The van der Waals surface area contributed by atoms with Crippen molar-refractivity contribution in [2.75, 3.05) is 11.1 Å². The molecule has 0 bridgehead atoms. The van der Waals surface area contributed by atoms with Gasteiger partial charge in [0.15, 0.2) is 0 Å². The van der Waals surface area contributed by atoms with Crippen LogP contribution in [0.25, 0.3) is 0 Å². The molecule has 2 amide bonds. The molecule has 3 aromatic carbocycles. The fourth-order valence-electron chi connectivity index (χ4n) is 3.31. The number of nitrogens with zero attached hydrogens (tertiary/aromatic N) is 2. The summed E-state index contributed by atoms with van der Waals surface area (Å²) in [6, 6.07) is 22.5. The predicted octanol–water partition coefficient (Wildman–Crippen LogP) is 6.77. The second-order valence-corrected chi connectivity index (χ2v) is 12.0. The van der Waals surface area contributed by atoms with Crippen LogP contribution < -0.4 is 10.7 Å². The molecule has 4 aromatic rings. The first kappa shape index (κ1) is 27.0. The summed E-state index contributed by atoms with van der Waals surface area (Å²) < 4.78 is 28.7. The SMILES string of the molecule is Cc1cc(S(=O)(=O)n2cccc2)c(SC/C(=N/NC(=O)Nc2ccccc2)c2ccc(Br)cc2)cc1Cl. The second kappa shape index (κ2) is 12.0. The van der Waals surface area contributed by atoms with Gasteiger partial charge in [0, 0.05) is 38.2 Å². The maximum Gasteiger partial charge on any atom is 0.339 e. The first-order valence-corrected chi connectivity index (χ1v) is 14.6. The standard InChI is InChI=1S/C26H22BrClN4O3S2/c1-18-15-25(37(34,35)32-13-5-6-14-32)24(16-22(18)28)36-17-23(19-9-11-20(27)12-10-19)30-31-26(33)29-21-7-3-2-4-8-21/h2-16H,17H2,1H3,(H2,29,31,33)/b30-23-. The summed E-state index contributed by atoms with van der Waals surface area (Å²) in [7, 11) is -3.83. The van der Waals surface area contributed by atoms with Gasteiger partial charge in [0.05, 0.1) is 5.71 Å². The number of anilines is 1. The van der Waals surface area contributed by atoms with Gasteiger partial charge in [-0.3, -0.25) is 0 Å². The Kier molecular flexibility index (Phi) is 8.75. The van der Waals surface area contributed by atoms with Gasteiger partial charge in [0.25, 0.3) is 10.0 Å². The minimum absolute atomic E-state index is 0.139. The Morgan fingerprint density at radius 1 is 1.03 bits per heavy atom. The first-order valence-electron chi connectivity index (χ1n) is 11.0. The molecule has 7 nitrogen and oxygen atoms in total. The van der Waals surface area contributed by atoms with E-state index in [0.717, 1.165) is 10.0 Å². The normalized spacial score (nSPS) is 11.8. The van der Waals surface area contributed by atoms with Crippen molar-refractivity contribution < 1.29 is 13.2 Å². The number of thioether (sulfide) groups is 1. The summed E-state index contributed by atoms with van der Waals surface area (Å²) in [5.41, 5.74) is 5.12. The maximum absolute atomic E-state index is 13.3. The Bertz CT molecular complexity index is 1530. The molecule has 37 heavy (non-hydrogen) atoms. The summed E-state index contributed by atoms with van der Waals surface area (Å²) in [5.74, 6) is 0.265. The molecule has 4 rings (SSSR count). The third kappa shape index (κ3) is 6.84. The van der Waals surface area contributed by atoms with Crippen LogP contribution in [-0.2, 0) is 10.0 Å². The van der Waals surface area contributed by atoms with Gasteiger partial charge in [-0.1, -0.05) is 57.9 Å². The Balaban J connectivity index is 1.62. The molecule has 0 aliphatic carbocycles.